The van der Waals surface area contributed by atoms with Gasteiger partial charge in [-0.1, -0.05) is 42.5 Å². The second-order valence-corrected chi connectivity index (χ2v) is 5.85. The molecular formula is C13H11N5O2S. The molecule has 0 fully saturated rings. The molecule has 0 radical (unpaired) electrons. The normalized spacial score (nSPS) is 11.5. The second kappa shape index (κ2) is 5.08. The zero-order chi connectivity index (χ0) is 14.9. The summed E-state index contributed by atoms with van der Waals surface area (Å²) in [5, 5.41) is 18.9. The predicted molar refractivity (Wildman–Crippen MR) is 76.4 cm³/mol. The van der Waals surface area contributed by atoms with Gasteiger partial charge in [0.1, 0.15) is 0 Å². The van der Waals surface area contributed by atoms with Crippen LogP contribution in [0, 0.1) is 0 Å². The monoisotopic (exact) mass is 301 g/mol. The Morgan fingerprint density at radius 2 is 1.76 bits per heavy atom. The van der Waals surface area contributed by atoms with Gasteiger partial charge in [0.05, 0.1) is 10.5 Å². The number of primary sulfonamides is 1. The largest absolute Gasteiger partial charge is 0.238 e. The van der Waals surface area contributed by atoms with Crippen LogP contribution in [0.25, 0.3) is 22.5 Å². The van der Waals surface area contributed by atoms with Gasteiger partial charge in [-0.05, 0) is 22.4 Å². The first-order valence-electron chi connectivity index (χ1n) is 6.02. The molecule has 0 aliphatic rings. The summed E-state index contributed by atoms with van der Waals surface area (Å²) in [7, 11) is -3.91. The summed E-state index contributed by atoms with van der Waals surface area (Å²) >= 11 is 0. The Labute approximate surface area is 120 Å². The molecule has 0 aliphatic carbocycles. The molecule has 0 saturated carbocycles. The maximum atomic E-state index is 11.8. The molecule has 2 aromatic carbocycles. The van der Waals surface area contributed by atoms with Gasteiger partial charge in [0.2, 0.25) is 15.8 Å². The lowest BCUT2D eigenvalue weighted by Crippen LogP contribution is -2.14. The van der Waals surface area contributed by atoms with E-state index in [2.05, 4.69) is 20.6 Å². The van der Waals surface area contributed by atoms with E-state index in [0.29, 0.717) is 11.1 Å². The summed E-state index contributed by atoms with van der Waals surface area (Å²) in [4.78, 5) is -0.0368. The topological polar surface area (TPSA) is 115 Å². The molecule has 0 aliphatic heterocycles. The molecule has 1 heterocycles. The molecule has 0 atom stereocenters. The van der Waals surface area contributed by atoms with Crippen molar-refractivity contribution in [1.82, 2.24) is 20.6 Å². The van der Waals surface area contributed by atoms with Gasteiger partial charge in [0.15, 0.2) is 0 Å². The van der Waals surface area contributed by atoms with E-state index in [9.17, 15) is 8.42 Å². The summed E-state index contributed by atoms with van der Waals surface area (Å²) in [6, 6.07) is 14.2. The predicted octanol–water partition coefficient (Wildman–Crippen LogP) is 1.18. The highest BCUT2D eigenvalue weighted by Crippen LogP contribution is 2.34. The highest BCUT2D eigenvalue weighted by Gasteiger charge is 2.22. The molecule has 106 valence electrons. The van der Waals surface area contributed by atoms with Crippen LogP contribution in [0.1, 0.15) is 0 Å². The van der Waals surface area contributed by atoms with Crippen molar-refractivity contribution in [2.45, 2.75) is 4.90 Å². The van der Waals surface area contributed by atoms with Gasteiger partial charge in [0.25, 0.3) is 0 Å². The van der Waals surface area contributed by atoms with Crippen LogP contribution in [0.15, 0.2) is 53.4 Å². The first kappa shape index (κ1) is 13.4. The Morgan fingerprint density at radius 1 is 1.00 bits per heavy atom. The van der Waals surface area contributed by atoms with Crippen LogP contribution in [0.2, 0.25) is 0 Å². The summed E-state index contributed by atoms with van der Waals surface area (Å²) in [5.74, 6) is 0.179. The molecule has 0 unspecified atom stereocenters. The number of aromatic nitrogens is 4. The molecule has 3 rings (SSSR count). The molecule has 8 heteroatoms. The minimum Gasteiger partial charge on any atom is -0.225 e. The van der Waals surface area contributed by atoms with Crippen LogP contribution in [0.3, 0.4) is 0 Å². The number of nitrogens with zero attached hydrogens (tertiary/aromatic N) is 3. The van der Waals surface area contributed by atoms with E-state index in [1.54, 1.807) is 12.1 Å². The fraction of sp³-hybridized carbons (Fsp3) is 0. The van der Waals surface area contributed by atoms with Crippen LogP contribution in [0.4, 0.5) is 0 Å². The number of hydrogen-bond donors (Lipinski definition) is 2. The van der Waals surface area contributed by atoms with Crippen LogP contribution >= 0.6 is 0 Å². The van der Waals surface area contributed by atoms with Gasteiger partial charge < -0.3 is 0 Å². The lowest BCUT2D eigenvalue weighted by atomic mass is 9.99. The zero-order valence-corrected chi connectivity index (χ0v) is 11.6. The number of nitrogens with two attached hydrogens (primary N) is 1. The Hall–Kier alpha value is -2.58. The maximum absolute atomic E-state index is 11.8. The lowest BCUT2D eigenvalue weighted by molar-refractivity contribution is 0.598. The van der Waals surface area contributed by atoms with Crippen molar-refractivity contribution in [2.24, 2.45) is 5.14 Å². The second-order valence-electron chi connectivity index (χ2n) is 4.33. The van der Waals surface area contributed by atoms with Crippen molar-refractivity contribution in [3.8, 4) is 22.5 Å². The van der Waals surface area contributed by atoms with E-state index in [-0.39, 0.29) is 10.7 Å². The Bertz CT molecular complexity index is 861. The van der Waals surface area contributed by atoms with Gasteiger partial charge in [-0.2, -0.15) is 5.21 Å². The number of rotatable bonds is 3. The van der Waals surface area contributed by atoms with E-state index in [1.807, 2.05) is 30.3 Å². The van der Waals surface area contributed by atoms with E-state index in [0.717, 1.165) is 5.56 Å². The third-order valence-corrected chi connectivity index (χ3v) is 3.94. The van der Waals surface area contributed by atoms with E-state index >= 15 is 0 Å². The van der Waals surface area contributed by atoms with Crippen molar-refractivity contribution >= 4 is 10.0 Å². The van der Waals surface area contributed by atoms with Gasteiger partial charge in [0, 0.05) is 0 Å². The van der Waals surface area contributed by atoms with Gasteiger partial charge in [-0.15, -0.1) is 10.2 Å². The quantitative estimate of drug-likeness (QED) is 0.753. The molecule has 0 saturated heterocycles. The number of nitrogens with one attached hydrogen (secondary N) is 1. The van der Waals surface area contributed by atoms with Crippen molar-refractivity contribution in [1.29, 1.82) is 0 Å². The van der Waals surface area contributed by atoms with E-state index in [1.165, 1.54) is 6.07 Å². The molecular weight excluding hydrogens is 290 g/mol. The Balaban J connectivity index is 2.36. The van der Waals surface area contributed by atoms with Crippen LogP contribution in [-0.2, 0) is 10.0 Å². The molecule has 0 spiro atoms. The summed E-state index contributed by atoms with van der Waals surface area (Å²) in [5.41, 5.74) is 1.84. The van der Waals surface area contributed by atoms with Gasteiger partial charge >= 0.3 is 0 Å². The maximum Gasteiger partial charge on any atom is 0.238 e. The van der Waals surface area contributed by atoms with Crippen LogP contribution in [0.5, 0.6) is 0 Å². The van der Waals surface area contributed by atoms with E-state index in [4.69, 9.17) is 5.14 Å². The van der Waals surface area contributed by atoms with Gasteiger partial charge in [-0.3, -0.25) is 0 Å². The van der Waals surface area contributed by atoms with E-state index < -0.39 is 10.0 Å². The Morgan fingerprint density at radius 3 is 2.38 bits per heavy atom. The van der Waals surface area contributed by atoms with Crippen molar-refractivity contribution < 1.29 is 8.42 Å². The number of tetrazole rings is 1. The molecule has 7 nitrogen and oxygen atoms in total. The molecule has 21 heavy (non-hydrogen) atoms. The number of sulfonamides is 1. The molecule has 1 aromatic heterocycles. The Kier molecular flexibility index (Phi) is 3.24. The van der Waals surface area contributed by atoms with Crippen molar-refractivity contribution in [2.75, 3.05) is 0 Å². The average Bonchev–Trinajstić information content (AvgIpc) is 3.00. The van der Waals surface area contributed by atoms with Crippen LogP contribution < -0.4 is 5.14 Å². The first-order valence-corrected chi connectivity index (χ1v) is 7.57. The number of aromatic amines is 1. The fourth-order valence-electron chi connectivity index (χ4n) is 2.12. The summed E-state index contributed by atoms with van der Waals surface area (Å²) < 4.78 is 23.6. The number of H-pyrrole nitrogens is 1. The summed E-state index contributed by atoms with van der Waals surface area (Å²) in [6.45, 7) is 0. The third kappa shape index (κ3) is 2.54. The minimum atomic E-state index is -3.91. The molecule has 0 bridgehead atoms. The smallest absolute Gasteiger partial charge is 0.225 e. The highest BCUT2D eigenvalue weighted by atomic mass is 32.2. The zero-order valence-electron chi connectivity index (χ0n) is 10.8. The summed E-state index contributed by atoms with van der Waals surface area (Å²) in [6.07, 6.45) is 0. The SMILES string of the molecule is NS(=O)(=O)c1cccc(-c2ccccc2)c1-c1nn[nH]n1. The standard InChI is InChI=1S/C13H11N5O2S/c14-21(19,20)11-8-4-7-10(9-5-2-1-3-6-9)12(11)13-15-17-18-16-13/h1-8H,(H2,14,19,20)(H,15,16,17,18). The first-order chi connectivity index (χ1) is 10.1. The number of benzene rings is 2. The third-order valence-electron chi connectivity index (χ3n) is 2.99. The van der Waals surface area contributed by atoms with Gasteiger partial charge in [-0.25, -0.2) is 13.6 Å². The minimum absolute atomic E-state index is 0.0368. The average molecular weight is 301 g/mol. The number of hydrogen-bond acceptors (Lipinski definition) is 5. The molecule has 0 amide bonds. The van der Waals surface area contributed by atoms with Crippen molar-refractivity contribution in [3.05, 3.63) is 48.5 Å². The van der Waals surface area contributed by atoms with Crippen LogP contribution in [-0.4, -0.2) is 29.0 Å². The molecule has 3 N–H and O–H groups in total. The highest BCUT2D eigenvalue weighted by molar-refractivity contribution is 7.89. The van der Waals surface area contributed by atoms with Crippen molar-refractivity contribution in [3.63, 3.8) is 0 Å². The fourth-order valence-corrected chi connectivity index (χ4v) is 2.88. The molecule has 3 aromatic rings. The lowest BCUT2D eigenvalue weighted by Gasteiger charge is -2.11.